The van der Waals surface area contributed by atoms with E-state index in [1.807, 2.05) is 12.1 Å². The minimum absolute atomic E-state index is 0.269. The lowest BCUT2D eigenvalue weighted by Gasteiger charge is -2.25. The van der Waals surface area contributed by atoms with E-state index in [2.05, 4.69) is 15.3 Å². The van der Waals surface area contributed by atoms with Crippen molar-refractivity contribution in [2.75, 3.05) is 11.9 Å². The Morgan fingerprint density at radius 3 is 2.58 bits per heavy atom. The van der Waals surface area contributed by atoms with Crippen molar-refractivity contribution in [1.82, 2.24) is 15.0 Å². The van der Waals surface area contributed by atoms with Crippen LogP contribution in [0.25, 0.3) is 10.2 Å². The lowest BCUT2D eigenvalue weighted by Crippen LogP contribution is -2.20. The van der Waals surface area contributed by atoms with Crippen LogP contribution < -0.4 is 5.32 Å². The number of rotatable bonds is 6. The van der Waals surface area contributed by atoms with E-state index in [0.29, 0.717) is 34.6 Å². The van der Waals surface area contributed by atoms with Crippen molar-refractivity contribution in [3.8, 4) is 0 Å². The highest BCUT2D eigenvalue weighted by molar-refractivity contribution is 7.18. The molecule has 1 fully saturated rings. The van der Waals surface area contributed by atoms with Crippen LogP contribution in [0.1, 0.15) is 73.8 Å². The second kappa shape index (κ2) is 8.78. The largest absolute Gasteiger partial charge is 0.396 e. The molecule has 1 saturated carbocycles. The van der Waals surface area contributed by atoms with E-state index in [-0.39, 0.29) is 6.61 Å². The molecule has 0 radical (unpaired) electrons. The van der Waals surface area contributed by atoms with Gasteiger partial charge in [-0.1, -0.05) is 0 Å². The molecule has 0 amide bonds. The molecule has 8 heteroatoms. The van der Waals surface area contributed by atoms with Crippen molar-refractivity contribution in [3.05, 3.63) is 46.5 Å². The van der Waals surface area contributed by atoms with Gasteiger partial charge in [0.15, 0.2) is 6.23 Å². The lowest BCUT2D eigenvalue weighted by atomic mass is 9.83. The van der Waals surface area contributed by atoms with Gasteiger partial charge in [0.05, 0.1) is 26.5 Å². The summed E-state index contributed by atoms with van der Waals surface area (Å²) in [6.07, 6.45) is 4.73. The first-order valence-corrected chi connectivity index (χ1v) is 11.6. The second-order valence-corrected chi connectivity index (χ2v) is 10.0. The Hall–Kier alpha value is -2.13. The van der Waals surface area contributed by atoms with Crippen molar-refractivity contribution in [1.29, 1.82) is 0 Å². The van der Waals surface area contributed by atoms with Crippen LogP contribution in [0, 0.1) is 12.8 Å². The summed E-state index contributed by atoms with van der Waals surface area (Å²) in [4.78, 5) is 13.2. The van der Waals surface area contributed by atoms with E-state index < -0.39 is 11.8 Å². The molecule has 31 heavy (non-hydrogen) atoms. The molecule has 1 aromatic carbocycles. The zero-order valence-electron chi connectivity index (χ0n) is 18.2. The first-order chi connectivity index (χ1) is 14.7. The standard InChI is InChI=1S/C23H30N4O3S/c1-13-24-9-8-17(25-13)21(29)26-18-11-20-19(10-16(18)23(2,3)30)27-22(31-20)15-6-4-14(12-28)5-7-15/h8-11,14-15,21,26,28-30H,4-7,12H2,1-3H3/t14-,15-,21?. The second-order valence-electron chi connectivity index (χ2n) is 8.95. The third-order valence-electron chi connectivity index (χ3n) is 6.03. The molecule has 1 unspecified atom stereocenters. The zero-order valence-corrected chi connectivity index (χ0v) is 19.0. The van der Waals surface area contributed by atoms with E-state index in [4.69, 9.17) is 4.98 Å². The number of hydrogen-bond donors (Lipinski definition) is 4. The predicted molar refractivity (Wildman–Crippen MR) is 122 cm³/mol. The first kappa shape index (κ1) is 22.1. The highest BCUT2D eigenvalue weighted by Gasteiger charge is 2.27. The van der Waals surface area contributed by atoms with Crippen molar-refractivity contribution in [2.24, 2.45) is 5.92 Å². The van der Waals surface area contributed by atoms with Gasteiger partial charge in [-0.15, -0.1) is 11.3 Å². The van der Waals surface area contributed by atoms with Gasteiger partial charge in [0.2, 0.25) is 0 Å². The maximum atomic E-state index is 10.8. The van der Waals surface area contributed by atoms with Gasteiger partial charge in [-0.3, -0.25) is 0 Å². The summed E-state index contributed by atoms with van der Waals surface area (Å²) in [5.74, 6) is 1.41. The van der Waals surface area contributed by atoms with Crippen molar-refractivity contribution in [2.45, 2.75) is 64.2 Å². The van der Waals surface area contributed by atoms with Crippen LogP contribution in [-0.2, 0) is 5.60 Å². The number of aliphatic hydroxyl groups excluding tert-OH is 2. The fraction of sp³-hybridized carbons (Fsp3) is 0.522. The summed E-state index contributed by atoms with van der Waals surface area (Å²) in [5.41, 5.74) is 1.55. The normalized spacial score (nSPS) is 20.7. The molecule has 4 rings (SSSR count). The molecule has 3 aromatic rings. The minimum Gasteiger partial charge on any atom is -0.396 e. The van der Waals surface area contributed by atoms with Crippen molar-refractivity contribution < 1.29 is 15.3 Å². The van der Waals surface area contributed by atoms with Gasteiger partial charge in [0, 0.05) is 30.0 Å². The maximum Gasteiger partial charge on any atom is 0.168 e. The first-order valence-electron chi connectivity index (χ1n) is 10.8. The minimum atomic E-state index is -1.11. The van der Waals surface area contributed by atoms with Gasteiger partial charge in [-0.2, -0.15) is 0 Å². The number of aromatic nitrogens is 3. The molecule has 0 bridgehead atoms. The molecule has 0 aliphatic heterocycles. The zero-order chi connectivity index (χ0) is 22.2. The Balaban J connectivity index is 1.66. The van der Waals surface area contributed by atoms with Crippen LogP contribution in [0.5, 0.6) is 0 Å². The molecule has 1 atom stereocenters. The van der Waals surface area contributed by atoms with E-state index in [9.17, 15) is 15.3 Å². The Kier molecular flexibility index (Phi) is 6.25. The van der Waals surface area contributed by atoms with Crippen LogP contribution in [0.4, 0.5) is 5.69 Å². The van der Waals surface area contributed by atoms with E-state index in [0.717, 1.165) is 40.9 Å². The van der Waals surface area contributed by atoms with Crippen LogP contribution >= 0.6 is 11.3 Å². The van der Waals surface area contributed by atoms with Gasteiger partial charge >= 0.3 is 0 Å². The van der Waals surface area contributed by atoms with Gasteiger partial charge in [-0.05, 0) is 70.6 Å². The average molecular weight is 443 g/mol. The molecule has 1 aliphatic rings. The summed E-state index contributed by atoms with van der Waals surface area (Å²) >= 11 is 1.67. The van der Waals surface area contributed by atoms with Gasteiger partial charge in [-0.25, -0.2) is 15.0 Å². The van der Waals surface area contributed by atoms with Crippen LogP contribution in [0.3, 0.4) is 0 Å². The van der Waals surface area contributed by atoms with Crippen LogP contribution in [0.2, 0.25) is 0 Å². The fourth-order valence-corrected chi connectivity index (χ4v) is 5.39. The number of thiazole rings is 1. The molecule has 2 aromatic heterocycles. The average Bonchev–Trinajstić information content (AvgIpc) is 3.15. The van der Waals surface area contributed by atoms with Gasteiger partial charge in [0.1, 0.15) is 5.82 Å². The summed E-state index contributed by atoms with van der Waals surface area (Å²) in [5, 5.41) is 35.1. The molecule has 1 aliphatic carbocycles. The number of benzene rings is 1. The third-order valence-corrected chi connectivity index (χ3v) is 7.21. The van der Waals surface area contributed by atoms with Crippen molar-refractivity contribution >= 4 is 27.2 Å². The Morgan fingerprint density at radius 2 is 1.94 bits per heavy atom. The molecule has 7 nitrogen and oxygen atoms in total. The molecular formula is C23H30N4O3S. The molecule has 2 heterocycles. The Bertz CT molecular complexity index is 1050. The van der Waals surface area contributed by atoms with E-state index in [1.165, 1.54) is 0 Å². The Morgan fingerprint density at radius 1 is 1.19 bits per heavy atom. The summed E-state index contributed by atoms with van der Waals surface area (Å²) in [6.45, 7) is 5.50. The number of aryl methyl sites for hydroxylation is 1. The fourth-order valence-electron chi connectivity index (χ4n) is 4.23. The van der Waals surface area contributed by atoms with Crippen LogP contribution in [0.15, 0.2) is 24.4 Å². The number of aliphatic hydroxyl groups is 3. The quantitative estimate of drug-likeness (QED) is 0.427. The maximum absolute atomic E-state index is 10.8. The number of fused-ring (bicyclic) bond motifs is 1. The Labute approximate surface area is 186 Å². The third kappa shape index (κ3) is 4.87. The molecule has 0 spiro atoms. The summed E-state index contributed by atoms with van der Waals surface area (Å²) in [6, 6.07) is 5.54. The molecule has 166 valence electrons. The lowest BCUT2D eigenvalue weighted by molar-refractivity contribution is 0.0791. The molecular weight excluding hydrogens is 412 g/mol. The van der Waals surface area contributed by atoms with Gasteiger partial charge < -0.3 is 20.6 Å². The van der Waals surface area contributed by atoms with E-state index >= 15 is 0 Å². The number of hydrogen-bond acceptors (Lipinski definition) is 8. The summed E-state index contributed by atoms with van der Waals surface area (Å²) in [7, 11) is 0. The number of nitrogens with zero attached hydrogens (tertiary/aromatic N) is 3. The SMILES string of the molecule is Cc1nccc(C(O)Nc2cc3sc([C@H]4CC[C@H](CO)CC4)nc3cc2C(C)(C)O)n1. The highest BCUT2D eigenvalue weighted by atomic mass is 32.1. The number of anilines is 1. The monoisotopic (exact) mass is 442 g/mol. The summed E-state index contributed by atoms with van der Waals surface area (Å²) < 4.78 is 1.01. The molecule has 4 N–H and O–H groups in total. The smallest absolute Gasteiger partial charge is 0.168 e. The predicted octanol–water partition coefficient (Wildman–Crippen LogP) is 3.99. The molecule has 0 saturated heterocycles. The van der Waals surface area contributed by atoms with Gasteiger partial charge in [0.25, 0.3) is 0 Å². The van der Waals surface area contributed by atoms with Crippen LogP contribution in [-0.4, -0.2) is 36.9 Å². The highest BCUT2D eigenvalue weighted by Crippen LogP contribution is 2.41. The number of nitrogens with one attached hydrogen (secondary N) is 1. The topological polar surface area (TPSA) is 111 Å². The van der Waals surface area contributed by atoms with Crippen molar-refractivity contribution in [3.63, 3.8) is 0 Å². The van der Waals surface area contributed by atoms with E-state index in [1.54, 1.807) is 44.4 Å².